The fraction of sp³-hybridized carbons (Fsp3) is 0.0612. The zero-order valence-corrected chi connectivity index (χ0v) is 28.4. The lowest BCUT2D eigenvalue weighted by atomic mass is 9.82. The third kappa shape index (κ3) is 3.99. The van der Waals surface area contributed by atoms with Crippen molar-refractivity contribution in [2.45, 2.75) is 19.3 Å². The molecule has 51 heavy (non-hydrogen) atoms. The second-order valence-corrected chi connectivity index (χ2v) is 14.5. The molecule has 0 radical (unpaired) electrons. The molecule has 0 aliphatic heterocycles. The summed E-state index contributed by atoms with van der Waals surface area (Å²) in [7, 11) is 0. The number of hydrogen-bond acceptors (Lipinski definition) is 2. The van der Waals surface area contributed by atoms with Gasteiger partial charge in [-0.25, -0.2) is 0 Å². The predicted molar refractivity (Wildman–Crippen MR) is 216 cm³/mol. The summed E-state index contributed by atoms with van der Waals surface area (Å²) in [5, 5.41) is 12.4. The van der Waals surface area contributed by atoms with E-state index in [-0.39, 0.29) is 5.41 Å². The standard InChI is InChI=1S/C49H33NO/c1-49(2)42-15-7-5-12-36(42)40-28-33(23-26-43(40)49)50(34-24-27-46-41(29-34)38-13-6-8-17-45(38)51-46)44-16-9-14-39-37(44)25-22-32-21-20-31-19-18-30-10-3-4-11-35(30)47(31)48(32)39/h3-29H,1-2H3. The molecule has 0 N–H and O–H groups in total. The first-order valence-corrected chi connectivity index (χ1v) is 17.8. The Labute approximate surface area is 295 Å². The molecule has 2 heteroatoms. The SMILES string of the molecule is CC1(C)c2ccccc2-c2cc(N(c3ccc4oc5ccccc5c4c3)c3cccc4c3ccc3ccc5ccc6ccccc6c5c34)ccc21. The molecule has 1 aliphatic carbocycles. The van der Waals surface area contributed by atoms with E-state index in [2.05, 4.69) is 176 Å². The van der Waals surface area contributed by atoms with E-state index in [1.807, 2.05) is 6.07 Å². The summed E-state index contributed by atoms with van der Waals surface area (Å²) in [5.74, 6) is 0. The van der Waals surface area contributed by atoms with Crippen molar-refractivity contribution in [1.82, 2.24) is 0 Å². The molecule has 0 saturated carbocycles. The van der Waals surface area contributed by atoms with E-state index >= 15 is 0 Å². The van der Waals surface area contributed by atoms with Crippen molar-refractivity contribution in [1.29, 1.82) is 0 Å². The predicted octanol–water partition coefficient (Wildman–Crippen LogP) is 14.0. The quantitative estimate of drug-likeness (QED) is 0.177. The zero-order chi connectivity index (χ0) is 33.8. The number of benzene rings is 9. The molecule has 0 amide bonds. The number of nitrogens with zero attached hydrogens (tertiary/aromatic N) is 1. The van der Waals surface area contributed by atoms with Crippen molar-refractivity contribution in [2.24, 2.45) is 0 Å². The molecule has 0 spiro atoms. The highest BCUT2D eigenvalue weighted by molar-refractivity contribution is 6.28. The lowest BCUT2D eigenvalue weighted by Crippen LogP contribution is -2.15. The monoisotopic (exact) mass is 651 g/mol. The summed E-state index contributed by atoms with van der Waals surface area (Å²) in [6.45, 7) is 4.69. The highest BCUT2D eigenvalue weighted by Gasteiger charge is 2.35. The first kappa shape index (κ1) is 28.5. The van der Waals surface area contributed by atoms with Crippen molar-refractivity contribution in [2.75, 3.05) is 4.90 Å². The maximum Gasteiger partial charge on any atom is 0.135 e. The molecule has 240 valence electrons. The number of furan rings is 1. The normalized spacial score (nSPS) is 13.5. The van der Waals surface area contributed by atoms with Crippen LogP contribution in [0.4, 0.5) is 17.1 Å². The van der Waals surface area contributed by atoms with Gasteiger partial charge in [0.1, 0.15) is 11.2 Å². The molecular weight excluding hydrogens is 619 g/mol. The second-order valence-electron chi connectivity index (χ2n) is 14.5. The van der Waals surface area contributed by atoms with Crippen molar-refractivity contribution in [3.8, 4) is 11.1 Å². The average molecular weight is 652 g/mol. The topological polar surface area (TPSA) is 16.4 Å². The van der Waals surface area contributed by atoms with Gasteiger partial charge in [0.05, 0.1) is 5.69 Å². The number of hydrogen-bond donors (Lipinski definition) is 0. The molecule has 11 rings (SSSR count). The van der Waals surface area contributed by atoms with Crippen LogP contribution in [-0.2, 0) is 5.41 Å². The molecule has 0 fully saturated rings. The molecule has 1 aliphatic rings. The Balaban J connectivity index is 1.23. The van der Waals surface area contributed by atoms with Crippen LogP contribution in [0.15, 0.2) is 168 Å². The summed E-state index contributed by atoms with van der Waals surface area (Å²) in [5.41, 5.74) is 10.5. The molecule has 1 aromatic heterocycles. The lowest BCUT2D eigenvalue weighted by molar-refractivity contribution is 0.660. The van der Waals surface area contributed by atoms with E-state index < -0.39 is 0 Å². The Morgan fingerprint density at radius 1 is 0.412 bits per heavy atom. The van der Waals surface area contributed by atoms with E-state index in [1.54, 1.807) is 0 Å². The Hall–Kier alpha value is -6.38. The molecule has 1 heterocycles. The van der Waals surface area contributed by atoms with Gasteiger partial charge in [-0.3, -0.25) is 0 Å². The maximum atomic E-state index is 6.30. The van der Waals surface area contributed by atoms with Crippen LogP contribution in [0.5, 0.6) is 0 Å². The van der Waals surface area contributed by atoms with E-state index in [0.717, 1.165) is 39.0 Å². The third-order valence-corrected chi connectivity index (χ3v) is 11.4. The summed E-state index contributed by atoms with van der Waals surface area (Å²) >= 11 is 0. The minimum Gasteiger partial charge on any atom is -0.456 e. The molecule has 0 atom stereocenters. The molecule has 2 nitrogen and oxygen atoms in total. The van der Waals surface area contributed by atoms with Crippen molar-refractivity contribution >= 4 is 82.1 Å². The lowest BCUT2D eigenvalue weighted by Gasteiger charge is -2.28. The van der Waals surface area contributed by atoms with Crippen LogP contribution in [0.1, 0.15) is 25.0 Å². The Morgan fingerprint density at radius 3 is 1.92 bits per heavy atom. The highest BCUT2D eigenvalue weighted by Crippen LogP contribution is 2.51. The van der Waals surface area contributed by atoms with Crippen LogP contribution in [0.25, 0.3) is 76.2 Å². The van der Waals surface area contributed by atoms with Gasteiger partial charge in [-0.05, 0) is 102 Å². The maximum absolute atomic E-state index is 6.30. The molecule has 9 aromatic carbocycles. The molecule has 0 bridgehead atoms. The van der Waals surface area contributed by atoms with E-state index in [9.17, 15) is 0 Å². The van der Waals surface area contributed by atoms with Gasteiger partial charge < -0.3 is 9.32 Å². The van der Waals surface area contributed by atoms with Crippen molar-refractivity contribution < 1.29 is 4.42 Å². The van der Waals surface area contributed by atoms with Gasteiger partial charge in [-0.1, -0.05) is 135 Å². The number of para-hydroxylation sites is 1. The molecule has 0 unspecified atom stereocenters. The Morgan fingerprint density at radius 2 is 1.04 bits per heavy atom. The summed E-state index contributed by atoms with van der Waals surface area (Å²) in [6.07, 6.45) is 0. The molecule has 10 aromatic rings. The summed E-state index contributed by atoms with van der Waals surface area (Å²) in [6, 6.07) is 60.2. The van der Waals surface area contributed by atoms with Crippen LogP contribution in [0.3, 0.4) is 0 Å². The van der Waals surface area contributed by atoms with E-state index in [4.69, 9.17) is 4.42 Å². The highest BCUT2D eigenvalue weighted by atomic mass is 16.3. The minimum absolute atomic E-state index is 0.0634. The van der Waals surface area contributed by atoms with Gasteiger partial charge >= 0.3 is 0 Å². The fourth-order valence-electron chi connectivity index (χ4n) is 8.98. The first-order valence-electron chi connectivity index (χ1n) is 17.8. The first-order chi connectivity index (χ1) is 25.0. The third-order valence-electron chi connectivity index (χ3n) is 11.4. The van der Waals surface area contributed by atoms with Crippen LogP contribution in [0, 0.1) is 0 Å². The van der Waals surface area contributed by atoms with Gasteiger partial charge in [0.2, 0.25) is 0 Å². The van der Waals surface area contributed by atoms with Crippen LogP contribution in [-0.4, -0.2) is 0 Å². The number of anilines is 3. The molecular formula is C49H33NO. The summed E-state index contributed by atoms with van der Waals surface area (Å²) < 4.78 is 6.30. The number of rotatable bonds is 3. The molecule has 0 saturated heterocycles. The van der Waals surface area contributed by atoms with Crippen LogP contribution < -0.4 is 4.90 Å². The van der Waals surface area contributed by atoms with Crippen LogP contribution >= 0.6 is 0 Å². The van der Waals surface area contributed by atoms with Gasteiger partial charge in [0, 0.05) is 32.9 Å². The van der Waals surface area contributed by atoms with Gasteiger partial charge in [-0.2, -0.15) is 0 Å². The van der Waals surface area contributed by atoms with Gasteiger partial charge in [0.25, 0.3) is 0 Å². The van der Waals surface area contributed by atoms with Crippen molar-refractivity contribution in [3.63, 3.8) is 0 Å². The Bertz CT molecular complexity index is 3070. The average Bonchev–Trinajstić information content (AvgIpc) is 3.66. The summed E-state index contributed by atoms with van der Waals surface area (Å²) in [4.78, 5) is 2.45. The van der Waals surface area contributed by atoms with E-state index in [1.165, 1.54) is 65.3 Å². The van der Waals surface area contributed by atoms with Gasteiger partial charge in [0.15, 0.2) is 0 Å². The fourth-order valence-corrected chi connectivity index (χ4v) is 8.98. The minimum atomic E-state index is -0.0634. The largest absolute Gasteiger partial charge is 0.456 e. The second kappa shape index (κ2) is 10.3. The van der Waals surface area contributed by atoms with E-state index in [0.29, 0.717) is 0 Å². The zero-order valence-electron chi connectivity index (χ0n) is 28.4. The Kier molecular flexibility index (Phi) is 5.76. The smallest absolute Gasteiger partial charge is 0.135 e. The van der Waals surface area contributed by atoms with Crippen LogP contribution in [0.2, 0.25) is 0 Å². The van der Waals surface area contributed by atoms with Crippen molar-refractivity contribution in [3.05, 3.63) is 175 Å². The number of fused-ring (bicyclic) bond motifs is 13. The van der Waals surface area contributed by atoms with Gasteiger partial charge in [-0.15, -0.1) is 0 Å².